The molecule has 116 valence electrons. The first-order valence-corrected chi connectivity index (χ1v) is 7.65. The van der Waals surface area contributed by atoms with Crippen LogP contribution in [-0.2, 0) is 12.1 Å². The minimum absolute atomic E-state index is 0.259. The molecule has 0 radical (unpaired) electrons. The van der Waals surface area contributed by atoms with E-state index in [1.54, 1.807) is 12.1 Å². The van der Waals surface area contributed by atoms with E-state index in [0.29, 0.717) is 24.9 Å². The van der Waals surface area contributed by atoms with E-state index in [-0.39, 0.29) is 5.82 Å². The van der Waals surface area contributed by atoms with Crippen molar-refractivity contribution in [2.45, 2.75) is 25.0 Å². The quantitative estimate of drug-likeness (QED) is 0.816. The van der Waals surface area contributed by atoms with Crippen molar-refractivity contribution in [3.8, 4) is 11.1 Å². The van der Waals surface area contributed by atoms with Crippen LogP contribution in [-0.4, -0.2) is 18.2 Å². The van der Waals surface area contributed by atoms with E-state index >= 15 is 0 Å². The lowest BCUT2D eigenvalue weighted by atomic mass is 9.83. The fraction of sp³-hybridized carbons (Fsp3) is 0.333. The van der Waals surface area contributed by atoms with Crippen LogP contribution in [0, 0.1) is 5.82 Å². The van der Waals surface area contributed by atoms with Crippen LogP contribution in [0.4, 0.5) is 4.39 Å². The fourth-order valence-corrected chi connectivity index (χ4v) is 3.12. The molecule has 0 atom stereocenters. The van der Waals surface area contributed by atoms with E-state index in [1.807, 2.05) is 24.3 Å². The Balaban J connectivity index is 2.03. The zero-order chi connectivity index (χ0) is 15.6. The van der Waals surface area contributed by atoms with Gasteiger partial charge in [0.1, 0.15) is 5.82 Å². The smallest absolute Gasteiger partial charge is 0.131 e. The first kappa shape index (κ1) is 15.2. The van der Waals surface area contributed by atoms with E-state index in [9.17, 15) is 9.50 Å². The Morgan fingerprint density at radius 2 is 1.82 bits per heavy atom. The molecule has 1 saturated heterocycles. The van der Waals surface area contributed by atoms with Crippen LogP contribution in [0.25, 0.3) is 11.1 Å². The van der Waals surface area contributed by atoms with Gasteiger partial charge in [-0.05, 0) is 48.7 Å². The van der Waals surface area contributed by atoms with Crippen LogP contribution >= 0.6 is 0 Å². The Morgan fingerprint density at radius 1 is 1.09 bits per heavy atom. The number of aliphatic hydroxyl groups is 1. The maximum absolute atomic E-state index is 14.0. The van der Waals surface area contributed by atoms with Crippen molar-refractivity contribution in [2.24, 2.45) is 5.73 Å². The maximum atomic E-state index is 14.0. The second-order valence-corrected chi connectivity index (χ2v) is 5.84. The number of benzene rings is 2. The van der Waals surface area contributed by atoms with Gasteiger partial charge in [0.05, 0.1) is 5.60 Å². The van der Waals surface area contributed by atoms with Crippen molar-refractivity contribution in [3.63, 3.8) is 0 Å². The van der Waals surface area contributed by atoms with Gasteiger partial charge in [0.2, 0.25) is 0 Å². The van der Waals surface area contributed by atoms with Crippen LogP contribution in [0.1, 0.15) is 24.0 Å². The monoisotopic (exact) mass is 300 g/mol. The number of nitrogens with one attached hydrogen (secondary N) is 1. The van der Waals surface area contributed by atoms with Crippen molar-refractivity contribution in [1.82, 2.24) is 5.32 Å². The summed E-state index contributed by atoms with van der Waals surface area (Å²) in [5, 5.41) is 14.1. The summed E-state index contributed by atoms with van der Waals surface area (Å²) in [6.07, 6.45) is 1.35. The number of piperidine rings is 1. The third kappa shape index (κ3) is 2.77. The molecule has 0 spiro atoms. The zero-order valence-electron chi connectivity index (χ0n) is 12.5. The summed E-state index contributed by atoms with van der Waals surface area (Å²) in [4.78, 5) is 0. The summed E-state index contributed by atoms with van der Waals surface area (Å²) in [6, 6.07) is 12.4. The topological polar surface area (TPSA) is 58.3 Å². The number of hydrogen-bond donors (Lipinski definition) is 3. The predicted molar refractivity (Wildman–Crippen MR) is 85.7 cm³/mol. The molecule has 1 aliphatic heterocycles. The molecule has 1 heterocycles. The first-order chi connectivity index (χ1) is 10.6. The summed E-state index contributed by atoms with van der Waals surface area (Å²) in [5.41, 5.74) is 8.11. The van der Waals surface area contributed by atoms with Gasteiger partial charge < -0.3 is 16.2 Å². The van der Waals surface area contributed by atoms with Crippen molar-refractivity contribution >= 4 is 0 Å². The molecule has 1 aliphatic rings. The lowest BCUT2D eigenvalue weighted by Gasteiger charge is -2.33. The normalized spacial score (nSPS) is 17.4. The summed E-state index contributed by atoms with van der Waals surface area (Å²) in [7, 11) is 0. The van der Waals surface area contributed by atoms with Crippen molar-refractivity contribution < 1.29 is 9.50 Å². The van der Waals surface area contributed by atoms with E-state index in [4.69, 9.17) is 5.73 Å². The molecular formula is C18H21FN2O. The molecule has 0 amide bonds. The van der Waals surface area contributed by atoms with Crippen LogP contribution in [0.2, 0.25) is 0 Å². The van der Waals surface area contributed by atoms with E-state index in [1.165, 1.54) is 6.07 Å². The van der Waals surface area contributed by atoms with E-state index in [0.717, 1.165) is 29.8 Å². The summed E-state index contributed by atoms with van der Waals surface area (Å²) in [6.45, 7) is 1.90. The van der Waals surface area contributed by atoms with Crippen LogP contribution in [0.15, 0.2) is 42.5 Å². The largest absolute Gasteiger partial charge is 0.385 e. The third-order valence-corrected chi connectivity index (χ3v) is 4.46. The lowest BCUT2D eigenvalue weighted by molar-refractivity contribution is 0.00589. The molecule has 0 bridgehead atoms. The Labute approximate surface area is 130 Å². The van der Waals surface area contributed by atoms with Crippen molar-refractivity contribution in [2.75, 3.05) is 13.1 Å². The highest BCUT2D eigenvalue weighted by molar-refractivity contribution is 5.68. The molecule has 0 aromatic heterocycles. The summed E-state index contributed by atoms with van der Waals surface area (Å²) in [5.74, 6) is -0.259. The van der Waals surface area contributed by atoms with E-state index in [2.05, 4.69) is 5.32 Å². The van der Waals surface area contributed by atoms with Gasteiger partial charge in [-0.1, -0.05) is 36.4 Å². The van der Waals surface area contributed by atoms with Gasteiger partial charge in [0, 0.05) is 12.1 Å². The summed E-state index contributed by atoms with van der Waals surface area (Å²) < 4.78 is 14.0. The van der Waals surface area contributed by atoms with Gasteiger partial charge in [-0.3, -0.25) is 0 Å². The molecule has 0 aliphatic carbocycles. The highest BCUT2D eigenvalue weighted by Crippen LogP contribution is 2.34. The molecule has 1 fully saturated rings. The van der Waals surface area contributed by atoms with Gasteiger partial charge >= 0.3 is 0 Å². The number of rotatable bonds is 3. The number of halogens is 1. The van der Waals surface area contributed by atoms with Crippen LogP contribution in [0.5, 0.6) is 0 Å². The predicted octanol–water partition coefficient (Wildman–Crippen LogP) is 2.52. The second-order valence-electron chi connectivity index (χ2n) is 5.84. The third-order valence-electron chi connectivity index (χ3n) is 4.46. The maximum Gasteiger partial charge on any atom is 0.131 e. The van der Waals surface area contributed by atoms with Gasteiger partial charge in [-0.15, -0.1) is 0 Å². The SMILES string of the molecule is NCc1cc(C2(O)CCNCC2)ccc1-c1ccccc1F. The van der Waals surface area contributed by atoms with Crippen LogP contribution in [0.3, 0.4) is 0 Å². The highest BCUT2D eigenvalue weighted by Gasteiger charge is 2.31. The van der Waals surface area contributed by atoms with Gasteiger partial charge in [-0.2, -0.15) is 0 Å². The fourth-order valence-electron chi connectivity index (χ4n) is 3.12. The minimum atomic E-state index is -0.817. The molecule has 4 heteroatoms. The van der Waals surface area contributed by atoms with Crippen molar-refractivity contribution in [1.29, 1.82) is 0 Å². The molecule has 0 unspecified atom stereocenters. The van der Waals surface area contributed by atoms with Crippen LogP contribution < -0.4 is 11.1 Å². The molecule has 3 nitrogen and oxygen atoms in total. The molecule has 22 heavy (non-hydrogen) atoms. The number of nitrogens with two attached hydrogens (primary N) is 1. The Kier molecular flexibility index (Phi) is 4.25. The standard InChI is InChI=1S/C18H21FN2O/c19-17-4-2-1-3-16(17)15-6-5-14(11-13(15)12-20)18(22)7-9-21-10-8-18/h1-6,11,21-22H,7-10,12,20H2. The molecule has 4 N–H and O–H groups in total. The summed E-state index contributed by atoms with van der Waals surface area (Å²) >= 11 is 0. The molecule has 0 saturated carbocycles. The molecule has 2 aromatic carbocycles. The van der Waals surface area contributed by atoms with E-state index < -0.39 is 5.60 Å². The van der Waals surface area contributed by atoms with Gasteiger partial charge in [0.25, 0.3) is 0 Å². The van der Waals surface area contributed by atoms with Gasteiger partial charge in [-0.25, -0.2) is 4.39 Å². The lowest BCUT2D eigenvalue weighted by Crippen LogP contribution is -2.39. The van der Waals surface area contributed by atoms with Crippen molar-refractivity contribution in [3.05, 3.63) is 59.4 Å². The Bertz CT molecular complexity index is 666. The average Bonchev–Trinajstić information content (AvgIpc) is 2.55. The minimum Gasteiger partial charge on any atom is -0.385 e. The molecule has 2 aromatic rings. The second kappa shape index (κ2) is 6.16. The van der Waals surface area contributed by atoms with Gasteiger partial charge in [0.15, 0.2) is 0 Å². The Morgan fingerprint density at radius 3 is 2.50 bits per heavy atom. The molecule has 3 rings (SSSR count). The first-order valence-electron chi connectivity index (χ1n) is 7.65. The zero-order valence-corrected chi connectivity index (χ0v) is 12.5. The Hall–Kier alpha value is -1.75. The highest BCUT2D eigenvalue weighted by atomic mass is 19.1. The number of hydrogen-bond acceptors (Lipinski definition) is 3. The molecular weight excluding hydrogens is 279 g/mol. The average molecular weight is 300 g/mol.